The van der Waals surface area contributed by atoms with Gasteiger partial charge in [0, 0.05) is 18.8 Å². The van der Waals surface area contributed by atoms with Crippen molar-refractivity contribution in [3.8, 4) is 0 Å². The smallest absolute Gasteiger partial charge is 0.0595 e. The van der Waals surface area contributed by atoms with E-state index in [4.69, 9.17) is 23.2 Å². The molecule has 0 amide bonds. The number of rotatable bonds is 6. The molecule has 1 N–H and O–H groups in total. The summed E-state index contributed by atoms with van der Waals surface area (Å²) < 4.78 is 1.95. The Balaban J connectivity index is 2.02. The van der Waals surface area contributed by atoms with Crippen LogP contribution in [0.5, 0.6) is 0 Å². The molecular weight excluding hydrogens is 293 g/mol. The zero-order chi connectivity index (χ0) is 14.5. The quantitative estimate of drug-likeness (QED) is 0.883. The number of hydrogen-bond acceptors (Lipinski definition) is 2. The predicted molar refractivity (Wildman–Crippen MR) is 84.6 cm³/mol. The Morgan fingerprint density at radius 1 is 1.20 bits per heavy atom. The van der Waals surface area contributed by atoms with Gasteiger partial charge in [0.1, 0.15) is 0 Å². The summed E-state index contributed by atoms with van der Waals surface area (Å²) in [4.78, 5) is 0. The van der Waals surface area contributed by atoms with Gasteiger partial charge in [0.05, 0.1) is 16.2 Å². The molecular formula is C15H19Cl2N3. The van der Waals surface area contributed by atoms with Gasteiger partial charge >= 0.3 is 0 Å². The second-order valence-electron chi connectivity index (χ2n) is 4.85. The highest BCUT2D eigenvalue weighted by Crippen LogP contribution is 2.23. The number of nitrogens with one attached hydrogen (secondary N) is 1. The lowest BCUT2D eigenvalue weighted by atomic mass is 10.0. The molecule has 0 spiro atoms. The average molecular weight is 312 g/mol. The molecule has 1 aromatic heterocycles. The third-order valence-electron chi connectivity index (χ3n) is 3.37. The molecule has 0 aliphatic carbocycles. The van der Waals surface area contributed by atoms with Crippen LogP contribution in [0, 0.1) is 0 Å². The lowest BCUT2D eigenvalue weighted by Crippen LogP contribution is -2.29. The van der Waals surface area contributed by atoms with Gasteiger partial charge in [-0.2, -0.15) is 5.10 Å². The normalized spacial score (nSPS) is 12.6. The van der Waals surface area contributed by atoms with E-state index in [1.165, 1.54) is 11.1 Å². The van der Waals surface area contributed by atoms with E-state index in [1.54, 1.807) is 0 Å². The molecule has 5 heteroatoms. The van der Waals surface area contributed by atoms with Crippen LogP contribution in [0.25, 0.3) is 0 Å². The number of likely N-dealkylation sites (N-methyl/N-ethyl adjacent to an activating group) is 1. The fourth-order valence-electron chi connectivity index (χ4n) is 2.20. The van der Waals surface area contributed by atoms with Gasteiger partial charge in [0.15, 0.2) is 0 Å². The van der Waals surface area contributed by atoms with Gasteiger partial charge in [-0.05, 0) is 50.1 Å². The van der Waals surface area contributed by atoms with Crippen LogP contribution >= 0.6 is 23.2 Å². The van der Waals surface area contributed by atoms with Crippen LogP contribution in [0.2, 0.25) is 10.0 Å². The minimum atomic E-state index is 0.349. The molecule has 2 aromatic rings. The van der Waals surface area contributed by atoms with Crippen molar-refractivity contribution in [3.63, 3.8) is 0 Å². The van der Waals surface area contributed by atoms with E-state index >= 15 is 0 Å². The van der Waals surface area contributed by atoms with Crippen LogP contribution in [0.1, 0.15) is 18.1 Å². The Hall–Kier alpha value is -1.03. The fourth-order valence-corrected chi connectivity index (χ4v) is 2.52. The van der Waals surface area contributed by atoms with Crippen LogP contribution in [0.3, 0.4) is 0 Å². The minimum absolute atomic E-state index is 0.349. The van der Waals surface area contributed by atoms with Crippen molar-refractivity contribution >= 4 is 23.2 Å². The van der Waals surface area contributed by atoms with Crippen molar-refractivity contribution in [3.05, 3.63) is 51.8 Å². The Morgan fingerprint density at radius 2 is 1.95 bits per heavy atom. The maximum Gasteiger partial charge on any atom is 0.0595 e. The summed E-state index contributed by atoms with van der Waals surface area (Å²) in [5.41, 5.74) is 2.42. The van der Waals surface area contributed by atoms with Crippen LogP contribution in [-0.4, -0.2) is 22.9 Å². The summed E-state index contributed by atoms with van der Waals surface area (Å²) in [6, 6.07) is 6.15. The SMILES string of the molecule is CCn1cc(CC(Cc2ccc(Cl)c(Cl)c2)NC)cn1. The summed E-state index contributed by atoms with van der Waals surface area (Å²) in [6.07, 6.45) is 5.88. The monoisotopic (exact) mass is 311 g/mol. The van der Waals surface area contributed by atoms with Crippen LogP contribution in [0.4, 0.5) is 0 Å². The molecule has 0 fully saturated rings. The molecule has 0 aliphatic heterocycles. The summed E-state index contributed by atoms with van der Waals surface area (Å²) in [6.45, 7) is 2.99. The minimum Gasteiger partial charge on any atom is -0.316 e. The van der Waals surface area contributed by atoms with Crippen molar-refractivity contribution in [2.24, 2.45) is 0 Å². The molecule has 1 unspecified atom stereocenters. The second kappa shape index (κ2) is 7.11. The molecule has 0 aliphatic rings. The van der Waals surface area contributed by atoms with E-state index in [1.807, 2.05) is 36.1 Å². The summed E-state index contributed by atoms with van der Waals surface area (Å²) in [5, 5.41) is 8.86. The first kappa shape index (κ1) is 15.4. The first-order valence-electron chi connectivity index (χ1n) is 6.75. The first-order chi connectivity index (χ1) is 9.62. The third kappa shape index (κ3) is 3.98. The molecule has 3 nitrogen and oxygen atoms in total. The lowest BCUT2D eigenvalue weighted by molar-refractivity contribution is 0.556. The number of aromatic nitrogens is 2. The molecule has 20 heavy (non-hydrogen) atoms. The van der Waals surface area contributed by atoms with Gasteiger partial charge in [-0.3, -0.25) is 4.68 Å². The predicted octanol–water partition coefficient (Wildman–Crippen LogP) is 3.58. The summed E-state index contributed by atoms with van der Waals surface area (Å²) >= 11 is 12.0. The number of benzene rings is 1. The molecule has 108 valence electrons. The largest absolute Gasteiger partial charge is 0.316 e. The molecule has 0 saturated carbocycles. The van der Waals surface area contributed by atoms with E-state index < -0.39 is 0 Å². The second-order valence-corrected chi connectivity index (χ2v) is 5.66. The molecule has 1 atom stereocenters. The molecule has 0 saturated heterocycles. The topological polar surface area (TPSA) is 29.9 Å². The lowest BCUT2D eigenvalue weighted by Gasteiger charge is -2.15. The molecule has 0 bridgehead atoms. The highest BCUT2D eigenvalue weighted by Gasteiger charge is 2.11. The Morgan fingerprint density at radius 3 is 2.55 bits per heavy atom. The van der Waals surface area contributed by atoms with Gasteiger partial charge in [-0.15, -0.1) is 0 Å². The van der Waals surface area contributed by atoms with E-state index in [9.17, 15) is 0 Å². The van der Waals surface area contributed by atoms with Crippen molar-refractivity contribution in [1.29, 1.82) is 0 Å². The van der Waals surface area contributed by atoms with Crippen molar-refractivity contribution in [2.75, 3.05) is 7.05 Å². The number of nitrogens with zero attached hydrogens (tertiary/aromatic N) is 2. The zero-order valence-corrected chi connectivity index (χ0v) is 13.2. The van der Waals surface area contributed by atoms with Crippen LogP contribution in [0.15, 0.2) is 30.6 Å². The van der Waals surface area contributed by atoms with E-state index in [0.717, 1.165) is 19.4 Å². The van der Waals surface area contributed by atoms with E-state index in [-0.39, 0.29) is 0 Å². The maximum absolute atomic E-state index is 6.06. The molecule has 1 aromatic carbocycles. The molecule has 0 radical (unpaired) electrons. The first-order valence-corrected chi connectivity index (χ1v) is 7.50. The number of hydrogen-bond donors (Lipinski definition) is 1. The maximum atomic E-state index is 6.06. The van der Waals surface area contributed by atoms with Gasteiger partial charge < -0.3 is 5.32 Å². The zero-order valence-electron chi connectivity index (χ0n) is 11.7. The Kier molecular flexibility index (Phi) is 5.46. The highest BCUT2D eigenvalue weighted by molar-refractivity contribution is 6.42. The number of aryl methyl sites for hydroxylation is 1. The van der Waals surface area contributed by atoms with E-state index in [2.05, 4.69) is 23.5 Å². The summed E-state index contributed by atoms with van der Waals surface area (Å²) in [7, 11) is 1.98. The third-order valence-corrected chi connectivity index (χ3v) is 4.11. The molecule has 2 rings (SSSR count). The Labute approximate surface area is 129 Å². The van der Waals surface area contributed by atoms with Gasteiger partial charge in [-0.25, -0.2) is 0 Å². The van der Waals surface area contributed by atoms with Gasteiger partial charge in [0.25, 0.3) is 0 Å². The highest BCUT2D eigenvalue weighted by atomic mass is 35.5. The van der Waals surface area contributed by atoms with E-state index in [0.29, 0.717) is 16.1 Å². The Bertz CT molecular complexity index is 566. The van der Waals surface area contributed by atoms with Crippen molar-refractivity contribution in [2.45, 2.75) is 32.4 Å². The van der Waals surface area contributed by atoms with Crippen molar-refractivity contribution in [1.82, 2.24) is 15.1 Å². The number of halogens is 2. The average Bonchev–Trinajstić information content (AvgIpc) is 2.90. The van der Waals surface area contributed by atoms with Crippen LogP contribution in [-0.2, 0) is 19.4 Å². The standard InChI is InChI=1S/C15H19Cl2N3/c1-3-20-10-12(9-19-20)7-13(18-2)6-11-4-5-14(16)15(17)8-11/h4-5,8-10,13,18H,3,6-7H2,1-2H3. The molecule has 1 heterocycles. The van der Waals surface area contributed by atoms with Gasteiger partial charge in [-0.1, -0.05) is 29.3 Å². The van der Waals surface area contributed by atoms with Gasteiger partial charge in [0.2, 0.25) is 0 Å². The van der Waals surface area contributed by atoms with Crippen molar-refractivity contribution < 1.29 is 0 Å². The summed E-state index contributed by atoms with van der Waals surface area (Å²) in [5.74, 6) is 0. The fraction of sp³-hybridized carbons (Fsp3) is 0.400. The van der Waals surface area contributed by atoms with Crippen LogP contribution < -0.4 is 5.32 Å².